The lowest BCUT2D eigenvalue weighted by atomic mass is 9.78. The molecule has 4 rings (SSSR count). The molecule has 0 atom stereocenters. The van der Waals surface area contributed by atoms with Crippen molar-refractivity contribution >= 4 is 11.7 Å². The highest BCUT2D eigenvalue weighted by Gasteiger charge is 2.30. The molecule has 2 fully saturated rings. The van der Waals surface area contributed by atoms with E-state index in [1.165, 1.54) is 11.1 Å². The van der Waals surface area contributed by atoms with E-state index in [1.54, 1.807) is 6.33 Å². The first-order valence-electron chi connectivity index (χ1n) is 9.24. The van der Waals surface area contributed by atoms with Crippen molar-refractivity contribution in [1.29, 1.82) is 0 Å². The molecular weight excluding hydrogens is 326 g/mol. The van der Waals surface area contributed by atoms with Gasteiger partial charge in [-0.25, -0.2) is 9.97 Å². The minimum atomic E-state index is 0.141. The van der Waals surface area contributed by atoms with Crippen LogP contribution in [0.5, 0.6) is 0 Å². The quantitative estimate of drug-likeness (QED) is 0.910. The highest BCUT2D eigenvalue weighted by atomic mass is 16.2. The second-order valence-corrected chi connectivity index (χ2v) is 7.45. The molecule has 2 N–H and O–H groups in total. The summed E-state index contributed by atoms with van der Waals surface area (Å²) in [7, 11) is 0. The molecule has 1 aliphatic carbocycles. The molecular formula is C20H25N5O. The number of hydrogen-bond donors (Lipinski definition) is 1. The number of carbonyl (C=O) groups excluding carboxylic acids is 1. The van der Waals surface area contributed by atoms with Crippen LogP contribution in [-0.2, 0) is 11.3 Å². The van der Waals surface area contributed by atoms with Gasteiger partial charge in [0.1, 0.15) is 12.1 Å². The molecule has 1 amide bonds. The van der Waals surface area contributed by atoms with Gasteiger partial charge in [-0.15, -0.1) is 0 Å². The van der Waals surface area contributed by atoms with Crippen molar-refractivity contribution in [2.24, 2.45) is 5.73 Å². The van der Waals surface area contributed by atoms with Gasteiger partial charge in [-0.1, -0.05) is 29.8 Å². The Morgan fingerprint density at radius 2 is 1.92 bits per heavy atom. The van der Waals surface area contributed by atoms with Crippen molar-refractivity contribution in [3.63, 3.8) is 0 Å². The van der Waals surface area contributed by atoms with Crippen LogP contribution >= 0.6 is 0 Å². The maximum Gasteiger partial charge on any atom is 0.242 e. The Morgan fingerprint density at radius 3 is 2.62 bits per heavy atom. The van der Waals surface area contributed by atoms with Crippen LogP contribution in [0.1, 0.15) is 35.6 Å². The summed E-state index contributed by atoms with van der Waals surface area (Å²) in [6, 6.07) is 10.7. The Balaban J connectivity index is 1.40. The van der Waals surface area contributed by atoms with Gasteiger partial charge in [0.2, 0.25) is 5.91 Å². The third kappa shape index (κ3) is 3.55. The third-order valence-corrected chi connectivity index (χ3v) is 5.40. The van der Waals surface area contributed by atoms with Crippen molar-refractivity contribution in [3.8, 4) is 0 Å². The zero-order valence-corrected chi connectivity index (χ0v) is 15.1. The topological polar surface area (TPSA) is 75.3 Å². The van der Waals surface area contributed by atoms with E-state index < -0.39 is 0 Å². The highest BCUT2D eigenvalue weighted by molar-refractivity contribution is 5.82. The molecule has 2 aliphatic rings. The summed E-state index contributed by atoms with van der Waals surface area (Å²) >= 11 is 0. The second-order valence-electron chi connectivity index (χ2n) is 7.45. The normalized spacial score (nSPS) is 23.1. The summed E-state index contributed by atoms with van der Waals surface area (Å²) in [5.41, 5.74) is 9.34. The number of hydrogen-bond acceptors (Lipinski definition) is 5. The highest BCUT2D eigenvalue weighted by Crippen LogP contribution is 2.35. The molecule has 136 valence electrons. The largest absolute Gasteiger partial charge is 0.345 e. The standard InChI is InChI=1S/C20H25N5O/c1-14-2-4-15(5-3-14)11-25-7-6-24(12-20(25)26)19-10-18(22-13-23-19)16-8-17(21)9-16/h2-5,10,13,16-17H,6-9,11-12,21H2,1H3. The molecule has 1 saturated carbocycles. The number of aryl methyl sites for hydroxylation is 1. The van der Waals surface area contributed by atoms with Gasteiger partial charge >= 0.3 is 0 Å². The number of nitrogens with two attached hydrogens (primary N) is 1. The monoisotopic (exact) mass is 351 g/mol. The van der Waals surface area contributed by atoms with E-state index in [-0.39, 0.29) is 5.91 Å². The smallest absolute Gasteiger partial charge is 0.242 e. The molecule has 0 bridgehead atoms. The van der Waals surface area contributed by atoms with E-state index in [4.69, 9.17) is 5.73 Å². The van der Waals surface area contributed by atoms with Crippen molar-refractivity contribution in [1.82, 2.24) is 14.9 Å². The maximum atomic E-state index is 12.6. The predicted molar refractivity (Wildman–Crippen MR) is 101 cm³/mol. The first-order chi connectivity index (χ1) is 12.6. The number of rotatable bonds is 4. The molecule has 2 heterocycles. The lowest BCUT2D eigenvalue weighted by molar-refractivity contribution is -0.131. The number of amides is 1. The molecule has 0 unspecified atom stereocenters. The van der Waals surface area contributed by atoms with E-state index in [1.807, 2.05) is 11.0 Å². The molecule has 1 saturated heterocycles. The Morgan fingerprint density at radius 1 is 1.15 bits per heavy atom. The van der Waals surface area contributed by atoms with Gasteiger partial charge in [-0.2, -0.15) is 0 Å². The molecule has 1 aromatic carbocycles. The lowest BCUT2D eigenvalue weighted by Gasteiger charge is -2.36. The number of nitrogens with zero attached hydrogens (tertiary/aromatic N) is 4. The number of anilines is 1. The summed E-state index contributed by atoms with van der Waals surface area (Å²) in [5.74, 6) is 1.42. The van der Waals surface area contributed by atoms with Crippen LogP contribution in [0.4, 0.5) is 5.82 Å². The molecule has 26 heavy (non-hydrogen) atoms. The number of piperazine rings is 1. The lowest BCUT2D eigenvalue weighted by Crippen LogP contribution is -2.50. The van der Waals surface area contributed by atoms with Gasteiger partial charge in [-0.05, 0) is 25.3 Å². The first kappa shape index (κ1) is 17.0. The fraction of sp³-hybridized carbons (Fsp3) is 0.450. The van der Waals surface area contributed by atoms with Crippen LogP contribution in [-0.4, -0.2) is 46.5 Å². The third-order valence-electron chi connectivity index (χ3n) is 5.40. The zero-order valence-electron chi connectivity index (χ0n) is 15.1. The Labute approximate surface area is 154 Å². The van der Waals surface area contributed by atoms with E-state index in [9.17, 15) is 4.79 Å². The van der Waals surface area contributed by atoms with E-state index in [0.717, 1.165) is 30.9 Å². The second kappa shape index (κ2) is 7.03. The average Bonchev–Trinajstić information content (AvgIpc) is 2.62. The van der Waals surface area contributed by atoms with Crippen molar-refractivity contribution < 1.29 is 4.79 Å². The minimum Gasteiger partial charge on any atom is -0.345 e. The van der Waals surface area contributed by atoms with E-state index in [0.29, 0.717) is 31.6 Å². The Hall–Kier alpha value is -2.47. The van der Waals surface area contributed by atoms with Gasteiger partial charge in [0.05, 0.1) is 6.54 Å². The zero-order chi connectivity index (χ0) is 18.1. The van der Waals surface area contributed by atoms with Crippen molar-refractivity contribution in [2.75, 3.05) is 24.5 Å². The van der Waals surface area contributed by atoms with Crippen LogP contribution in [0.2, 0.25) is 0 Å². The molecule has 6 heteroatoms. The average molecular weight is 351 g/mol. The van der Waals surface area contributed by atoms with E-state index in [2.05, 4.69) is 46.1 Å². The van der Waals surface area contributed by atoms with Crippen LogP contribution in [0.25, 0.3) is 0 Å². The van der Waals surface area contributed by atoms with Gasteiger partial charge in [0.15, 0.2) is 0 Å². The molecule has 6 nitrogen and oxygen atoms in total. The van der Waals surface area contributed by atoms with Gasteiger partial charge in [0.25, 0.3) is 0 Å². The molecule has 1 aromatic heterocycles. The Bertz CT molecular complexity index is 785. The van der Waals surface area contributed by atoms with Crippen LogP contribution in [0, 0.1) is 6.92 Å². The molecule has 2 aromatic rings. The molecule has 0 radical (unpaired) electrons. The van der Waals surface area contributed by atoms with Crippen LogP contribution in [0.3, 0.4) is 0 Å². The summed E-state index contributed by atoms with van der Waals surface area (Å²) < 4.78 is 0. The van der Waals surface area contributed by atoms with Crippen LogP contribution in [0.15, 0.2) is 36.7 Å². The van der Waals surface area contributed by atoms with Gasteiger partial charge in [-0.3, -0.25) is 4.79 Å². The van der Waals surface area contributed by atoms with Gasteiger partial charge < -0.3 is 15.5 Å². The number of carbonyl (C=O) groups is 1. The summed E-state index contributed by atoms with van der Waals surface area (Å²) in [4.78, 5) is 25.4. The number of aromatic nitrogens is 2. The summed E-state index contributed by atoms with van der Waals surface area (Å²) in [6.45, 7) is 4.61. The minimum absolute atomic E-state index is 0.141. The summed E-state index contributed by atoms with van der Waals surface area (Å²) in [5, 5.41) is 0. The molecule has 1 aliphatic heterocycles. The molecule has 0 spiro atoms. The van der Waals surface area contributed by atoms with Crippen molar-refractivity contribution in [2.45, 2.75) is 38.3 Å². The van der Waals surface area contributed by atoms with Crippen LogP contribution < -0.4 is 10.6 Å². The fourth-order valence-electron chi connectivity index (χ4n) is 3.65. The maximum absolute atomic E-state index is 12.6. The fourth-order valence-corrected chi connectivity index (χ4v) is 3.65. The summed E-state index contributed by atoms with van der Waals surface area (Å²) in [6.07, 6.45) is 3.58. The predicted octanol–water partition coefficient (Wildman–Crippen LogP) is 1.84. The van der Waals surface area contributed by atoms with Crippen molar-refractivity contribution in [3.05, 3.63) is 53.5 Å². The number of benzene rings is 1. The SMILES string of the molecule is Cc1ccc(CN2CCN(c3cc(C4CC(N)C4)ncn3)CC2=O)cc1. The first-order valence-corrected chi connectivity index (χ1v) is 9.24. The van der Waals surface area contributed by atoms with Gasteiger partial charge in [0, 0.05) is 43.4 Å². The van der Waals surface area contributed by atoms with E-state index >= 15 is 0 Å². The Kier molecular flexibility index (Phi) is 4.59.